The summed E-state index contributed by atoms with van der Waals surface area (Å²) in [6.45, 7) is 5.96. The number of nitrogens with zero attached hydrogens (tertiary/aromatic N) is 2. The van der Waals surface area contributed by atoms with E-state index >= 15 is 0 Å². The highest BCUT2D eigenvalue weighted by atomic mass is 35.5. The molecular weight excluding hydrogens is 322 g/mol. The van der Waals surface area contributed by atoms with E-state index in [1.807, 2.05) is 32.0 Å². The van der Waals surface area contributed by atoms with Crippen molar-refractivity contribution < 1.29 is 0 Å². The van der Waals surface area contributed by atoms with Gasteiger partial charge in [0.2, 0.25) is 0 Å². The van der Waals surface area contributed by atoms with E-state index in [1.165, 1.54) is 15.8 Å². The molecule has 24 heavy (non-hydrogen) atoms. The zero-order valence-electron chi connectivity index (χ0n) is 13.8. The number of aromatic amines is 1. The zero-order chi connectivity index (χ0) is 17.3. The van der Waals surface area contributed by atoms with E-state index in [9.17, 15) is 4.79 Å². The molecule has 3 rings (SSSR count). The Hall–Kier alpha value is -2.59. The molecule has 3 aromatic rings. The lowest BCUT2D eigenvalue weighted by atomic mass is 10.1. The minimum atomic E-state index is -0.137. The van der Waals surface area contributed by atoms with Gasteiger partial charge in [-0.05, 0) is 68.3 Å². The number of aromatic nitrogens is 2. The first kappa shape index (κ1) is 16.3. The van der Waals surface area contributed by atoms with Crippen molar-refractivity contribution in [2.45, 2.75) is 20.8 Å². The van der Waals surface area contributed by atoms with Crippen molar-refractivity contribution in [3.8, 4) is 5.69 Å². The van der Waals surface area contributed by atoms with Crippen LogP contribution in [0.3, 0.4) is 0 Å². The van der Waals surface area contributed by atoms with Gasteiger partial charge in [-0.25, -0.2) is 4.68 Å². The van der Waals surface area contributed by atoms with Crippen molar-refractivity contribution in [3.63, 3.8) is 0 Å². The topological polar surface area (TPSA) is 50.1 Å². The monoisotopic (exact) mass is 339 g/mol. The van der Waals surface area contributed by atoms with Gasteiger partial charge in [-0.1, -0.05) is 17.7 Å². The van der Waals surface area contributed by atoms with Crippen molar-refractivity contribution in [1.82, 2.24) is 9.78 Å². The number of hydrogen-bond acceptors (Lipinski definition) is 2. The van der Waals surface area contributed by atoms with Gasteiger partial charge < -0.3 is 0 Å². The second-order valence-electron chi connectivity index (χ2n) is 5.79. The molecule has 0 saturated heterocycles. The SMILES string of the molecule is Cc1ccc(N=Cc2c(C)[nH]n(-c3ccc(Cl)cc3)c2=O)cc1C. The van der Waals surface area contributed by atoms with Crippen molar-refractivity contribution >= 4 is 23.5 Å². The summed E-state index contributed by atoms with van der Waals surface area (Å²) in [6.07, 6.45) is 1.62. The lowest BCUT2D eigenvalue weighted by Gasteiger charge is -2.00. The van der Waals surface area contributed by atoms with Crippen LogP contribution in [0.1, 0.15) is 22.4 Å². The molecule has 0 aliphatic rings. The van der Waals surface area contributed by atoms with Crippen LogP contribution >= 0.6 is 11.6 Å². The summed E-state index contributed by atoms with van der Waals surface area (Å²) in [5.41, 5.74) is 5.13. The van der Waals surface area contributed by atoms with Gasteiger partial charge >= 0.3 is 0 Å². The largest absolute Gasteiger partial charge is 0.295 e. The van der Waals surface area contributed by atoms with Crippen LogP contribution in [0.15, 0.2) is 52.3 Å². The number of aryl methyl sites for hydroxylation is 3. The van der Waals surface area contributed by atoms with E-state index in [-0.39, 0.29) is 5.56 Å². The van der Waals surface area contributed by atoms with E-state index in [1.54, 1.807) is 30.5 Å². The Morgan fingerprint density at radius 1 is 1.04 bits per heavy atom. The predicted octanol–water partition coefficient (Wildman–Crippen LogP) is 4.49. The second-order valence-corrected chi connectivity index (χ2v) is 6.23. The average molecular weight is 340 g/mol. The maximum atomic E-state index is 12.6. The van der Waals surface area contributed by atoms with Crippen molar-refractivity contribution in [2.24, 2.45) is 4.99 Å². The molecule has 0 fully saturated rings. The minimum Gasteiger partial charge on any atom is -0.295 e. The van der Waals surface area contributed by atoms with Gasteiger partial charge in [0.15, 0.2) is 0 Å². The van der Waals surface area contributed by atoms with Crippen LogP contribution < -0.4 is 5.56 Å². The number of H-pyrrole nitrogens is 1. The van der Waals surface area contributed by atoms with Gasteiger partial charge in [0.05, 0.1) is 16.9 Å². The molecule has 0 aliphatic carbocycles. The second kappa shape index (κ2) is 6.49. The van der Waals surface area contributed by atoms with E-state index < -0.39 is 0 Å². The molecular formula is C19H18ClN3O. The molecule has 4 nitrogen and oxygen atoms in total. The minimum absolute atomic E-state index is 0.137. The molecule has 5 heteroatoms. The summed E-state index contributed by atoms with van der Waals surface area (Å²) in [5.74, 6) is 0. The number of aliphatic imine (C=N–C) groups is 1. The lowest BCUT2D eigenvalue weighted by molar-refractivity contribution is 0.835. The van der Waals surface area contributed by atoms with E-state index in [2.05, 4.69) is 17.0 Å². The summed E-state index contributed by atoms with van der Waals surface area (Å²) in [6, 6.07) is 13.1. The standard InChI is InChI=1S/C19H18ClN3O/c1-12-4-7-16(10-13(12)2)21-11-18-14(3)22-23(19(18)24)17-8-5-15(20)6-9-17/h4-11,22H,1-3H3. The number of rotatable bonds is 3. The van der Waals surface area contributed by atoms with Crippen LogP contribution in [0.25, 0.3) is 5.69 Å². The normalized spacial score (nSPS) is 11.3. The van der Waals surface area contributed by atoms with Crippen LogP contribution in [0.4, 0.5) is 5.69 Å². The Balaban J connectivity index is 1.97. The molecule has 2 aromatic carbocycles. The number of nitrogens with one attached hydrogen (secondary N) is 1. The van der Waals surface area contributed by atoms with Crippen LogP contribution in [-0.4, -0.2) is 16.0 Å². The maximum absolute atomic E-state index is 12.6. The molecule has 0 unspecified atom stereocenters. The lowest BCUT2D eigenvalue weighted by Crippen LogP contribution is -2.17. The van der Waals surface area contributed by atoms with Gasteiger partial charge in [-0.3, -0.25) is 14.9 Å². The molecule has 1 N–H and O–H groups in total. The van der Waals surface area contributed by atoms with Crippen molar-refractivity contribution in [3.05, 3.63) is 80.2 Å². The van der Waals surface area contributed by atoms with Crippen LogP contribution in [0.5, 0.6) is 0 Å². The van der Waals surface area contributed by atoms with Gasteiger partial charge in [-0.2, -0.15) is 0 Å². The fourth-order valence-corrected chi connectivity index (χ4v) is 2.55. The van der Waals surface area contributed by atoms with Gasteiger partial charge in [0.1, 0.15) is 0 Å². The first-order valence-corrected chi connectivity index (χ1v) is 8.02. The summed E-state index contributed by atoms with van der Waals surface area (Å²) >= 11 is 5.90. The fourth-order valence-electron chi connectivity index (χ4n) is 2.43. The molecule has 0 atom stereocenters. The Morgan fingerprint density at radius 2 is 1.75 bits per heavy atom. The molecule has 122 valence electrons. The van der Waals surface area contributed by atoms with Crippen molar-refractivity contribution in [2.75, 3.05) is 0 Å². The molecule has 1 aromatic heterocycles. The Morgan fingerprint density at radius 3 is 2.42 bits per heavy atom. The van der Waals surface area contributed by atoms with E-state index in [4.69, 9.17) is 11.6 Å². The Kier molecular flexibility index (Phi) is 4.40. The average Bonchev–Trinajstić information content (AvgIpc) is 2.84. The molecule has 0 bridgehead atoms. The van der Waals surface area contributed by atoms with Crippen LogP contribution in [0.2, 0.25) is 5.02 Å². The third kappa shape index (κ3) is 3.19. The highest BCUT2D eigenvalue weighted by Crippen LogP contribution is 2.17. The number of hydrogen-bond donors (Lipinski definition) is 1. The maximum Gasteiger partial charge on any atom is 0.280 e. The predicted molar refractivity (Wildman–Crippen MR) is 99.3 cm³/mol. The summed E-state index contributed by atoms with van der Waals surface area (Å²) in [5, 5.41) is 3.71. The van der Waals surface area contributed by atoms with Gasteiger partial charge in [0.25, 0.3) is 5.56 Å². The molecule has 0 aliphatic heterocycles. The first-order chi connectivity index (χ1) is 11.5. The van der Waals surface area contributed by atoms with E-state index in [0.29, 0.717) is 10.6 Å². The van der Waals surface area contributed by atoms with E-state index in [0.717, 1.165) is 17.1 Å². The van der Waals surface area contributed by atoms with Crippen LogP contribution in [0, 0.1) is 20.8 Å². The highest BCUT2D eigenvalue weighted by molar-refractivity contribution is 6.30. The number of halogens is 1. The summed E-state index contributed by atoms with van der Waals surface area (Å²) in [7, 11) is 0. The van der Waals surface area contributed by atoms with Crippen LogP contribution in [-0.2, 0) is 0 Å². The summed E-state index contributed by atoms with van der Waals surface area (Å²) in [4.78, 5) is 17.1. The third-order valence-corrected chi connectivity index (χ3v) is 4.29. The number of benzene rings is 2. The molecule has 0 spiro atoms. The first-order valence-electron chi connectivity index (χ1n) is 7.64. The third-order valence-electron chi connectivity index (χ3n) is 4.04. The molecule has 0 saturated carbocycles. The highest BCUT2D eigenvalue weighted by Gasteiger charge is 2.10. The Labute approximate surface area is 145 Å². The molecule has 0 amide bonds. The molecule has 1 heterocycles. The summed E-state index contributed by atoms with van der Waals surface area (Å²) < 4.78 is 1.49. The van der Waals surface area contributed by atoms with Crippen molar-refractivity contribution in [1.29, 1.82) is 0 Å². The smallest absolute Gasteiger partial charge is 0.280 e. The van der Waals surface area contributed by atoms with Gasteiger partial charge in [0, 0.05) is 16.9 Å². The Bertz CT molecular complexity index is 965. The fraction of sp³-hybridized carbons (Fsp3) is 0.158. The van der Waals surface area contributed by atoms with Gasteiger partial charge in [-0.15, -0.1) is 0 Å². The zero-order valence-corrected chi connectivity index (χ0v) is 14.6. The quantitative estimate of drug-likeness (QED) is 0.702. The molecule has 0 radical (unpaired) electrons.